The molecule has 0 aromatic heterocycles. The molecule has 0 spiro atoms. The van der Waals surface area contributed by atoms with E-state index in [2.05, 4.69) is 5.32 Å². The SMILES string of the molecule is CCN(CC)C(=O)c1ccc(F)c([N+](=O)[O-])c1.CCN(CC)C(=O)c1ccc(NCC2CCCCN2C(=O)OC(C)(C)C)c([N+](=O)[O-])c1. The van der Waals surface area contributed by atoms with E-state index in [1.807, 2.05) is 34.6 Å². The standard InChI is InChI=1S/C22H34N4O5.C11H13FN2O3/c1-6-24(7-2)20(27)16-11-12-18(19(14-16)26(29)30)23-15-17-10-8-9-13-25(17)21(28)31-22(3,4)5;1-3-13(4-2)11(15)8-5-6-9(12)10(7-8)14(16)17/h11-12,14,17,23H,6-10,13,15H2,1-5H3;5-7H,3-4H2,1-2H3. The Hall–Kier alpha value is -4.82. The summed E-state index contributed by atoms with van der Waals surface area (Å²) >= 11 is 0. The number of amides is 3. The van der Waals surface area contributed by atoms with Gasteiger partial charge in [-0.25, -0.2) is 4.79 Å². The Morgan fingerprint density at radius 3 is 1.85 bits per heavy atom. The zero-order valence-electron chi connectivity index (χ0n) is 28.8. The molecule has 2 aromatic carbocycles. The van der Waals surface area contributed by atoms with E-state index < -0.39 is 27.0 Å². The van der Waals surface area contributed by atoms with Gasteiger partial charge in [-0.3, -0.25) is 29.8 Å². The van der Waals surface area contributed by atoms with Crippen molar-refractivity contribution in [3.05, 3.63) is 73.6 Å². The van der Waals surface area contributed by atoms with E-state index in [0.717, 1.165) is 31.4 Å². The number of piperidine rings is 1. The molecular weight excluding hydrogens is 627 g/mol. The van der Waals surface area contributed by atoms with E-state index in [0.29, 0.717) is 45.0 Å². The minimum Gasteiger partial charge on any atom is -0.444 e. The Kier molecular flexibility index (Phi) is 14.7. The third kappa shape index (κ3) is 10.9. The Bertz CT molecular complexity index is 1460. The van der Waals surface area contributed by atoms with Gasteiger partial charge in [0.05, 0.1) is 15.9 Å². The van der Waals surface area contributed by atoms with E-state index in [1.165, 1.54) is 17.0 Å². The number of nitrogens with zero attached hydrogens (tertiary/aromatic N) is 5. The summed E-state index contributed by atoms with van der Waals surface area (Å²) < 4.78 is 18.6. The first-order valence-corrected chi connectivity index (χ1v) is 16.1. The number of likely N-dealkylation sites (tertiary alicyclic amines) is 1. The quantitative estimate of drug-likeness (QED) is 0.207. The van der Waals surface area contributed by atoms with Crippen molar-refractivity contribution >= 4 is 35.0 Å². The van der Waals surface area contributed by atoms with Gasteiger partial charge in [0.1, 0.15) is 11.3 Å². The van der Waals surface area contributed by atoms with Crippen molar-refractivity contribution in [1.82, 2.24) is 14.7 Å². The molecule has 2 aromatic rings. The summed E-state index contributed by atoms with van der Waals surface area (Å²) in [6.45, 7) is 15.9. The molecular formula is C33H47FN6O8. The summed E-state index contributed by atoms with van der Waals surface area (Å²) in [6, 6.07) is 7.52. The maximum atomic E-state index is 13.1. The Morgan fingerprint density at radius 2 is 1.38 bits per heavy atom. The number of anilines is 1. The molecule has 1 N–H and O–H groups in total. The fourth-order valence-electron chi connectivity index (χ4n) is 5.14. The van der Waals surface area contributed by atoms with Crippen molar-refractivity contribution in [1.29, 1.82) is 0 Å². The normalized spacial score (nSPS) is 14.2. The number of benzene rings is 2. The lowest BCUT2D eigenvalue weighted by atomic mass is 10.0. The molecule has 3 rings (SSSR count). The number of rotatable bonds is 11. The van der Waals surface area contributed by atoms with Gasteiger partial charge in [-0.1, -0.05) is 0 Å². The predicted molar refractivity (Wildman–Crippen MR) is 180 cm³/mol. The maximum absolute atomic E-state index is 13.1. The van der Waals surface area contributed by atoms with E-state index in [9.17, 15) is 39.0 Å². The average Bonchev–Trinajstić information content (AvgIpc) is 3.04. The molecule has 1 saturated heterocycles. The summed E-state index contributed by atoms with van der Waals surface area (Å²) in [7, 11) is 0. The van der Waals surface area contributed by atoms with Crippen LogP contribution >= 0.6 is 0 Å². The second-order valence-electron chi connectivity index (χ2n) is 12.1. The van der Waals surface area contributed by atoms with Crippen molar-refractivity contribution < 1.29 is 33.4 Å². The lowest BCUT2D eigenvalue weighted by Gasteiger charge is -2.37. The zero-order chi connectivity index (χ0) is 36.2. The van der Waals surface area contributed by atoms with Crippen LogP contribution in [-0.2, 0) is 4.74 Å². The van der Waals surface area contributed by atoms with Crippen molar-refractivity contribution in [3.63, 3.8) is 0 Å². The van der Waals surface area contributed by atoms with Gasteiger partial charge < -0.3 is 24.8 Å². The number of hydrogen-bond acceptors (Lipinski definition) is 9. The van der Waals surface area contributed by atoms with Crippen LogP contribution in [0.5, 0.6) is 0 Å². The van der Waals surface area contributed by atoms with Crippen LogP contribution in [0.15, 0.2) is 36.4 Å². The highest BCUT2D eigenvalue weighted by molar-refractivity contribution is 5.96. The maximum Gasteiger partial charge on any atom is 0.410 e. The van der Waals surface area contributed by atoms with Crippen LogP contribution in [0.2, 0.25) is 0 Å². The third-order valence-electron chi connectivity index (χ3n) is 7.72. The number of nitrogens with one attached hydrogen (secondary N) is 1. The molecule has 1 aliphatic heterocycles. The van der Waals surface area contributed by atoms with Crippen LogP contribution in [0.4, 0.5) is 26.2 Å². The van der Waals surface area contributed by atoms with Crippen LogP contribution in [0, 0.1) is 26.0 Å². The van der Waals surface area contributed by atoms with Crippen LogP contribution in [-0.4, -0.2) is 93.4 Å². The summed E-state index contributed by atoms with van der Waals surface area (Å²) in [5.74, 6) is -1.51. The lowest BCUT2D eigenvalue weighted by molar-refractivity contribution is -0.387. The van der Waals surface area contributed by atoms with Gasteiger partial charge in [-0.2, -0.15) is 4.39 Å². The van der Waals surface area contributed by atoms with E-state index in [1.54, 1.807) is 35.8 Å². The number of hydrogen-bond donors (Lipinski definition) is 1. The number of nitro groups is 2. The Balaban J connectivity index is 0.000000397. The molecule has 0 saturated carbocycles. The molecule has 14 nitrogen and oxygen atoms in total. The highest BCUT2D eigenvalue weighted by Gasteiger charge is 2.31. The molecule has 3 amide bonds. The molecule has 1 aliphatic rings. The number of carbonyl (C=O) groups excluding carboxylic acids is 3. The van der Waals surface area contributed by atoms with Crippen LogP contribution in [0.1, 0.15) is 88.4 Å². The van der Waals surface area contributed by atoms with Crippen LogP contribution < -0.4 is 5.32 Å². The van der Waals surface area contributed by atoms with Gasteiger partial charge >= 0.3 is 11.8 Å². The van der Waals surface area contributed by atoms with Crippen LogP contribution in [0.25, 0.3) is 0 Å². The number of carbonyl (C=O) groups is 3. The number of nitro benzene ring substituents is 2. The summed E-state index contributed by atoms with van der Waals surface area (Å²) in [4.78, 5) is 62.7. The summed E-state index contributed by atoms with van der Waals surface area (Å²) in [6.07, 6.45) is 2.30. The van der Waals surface area contributed by atoms with Crippen LogP contribution in [0.3, 0.4) is 0 Å². The first kappa shape index (κ1) is 39.4. The summed E-state index contributed by atoms with van der Waals surface area (Å²) in [5, 5.41) is 25.3. The lowest BCUT2D eigenvalue weighted by Crippen LogP contribution is -2.48. The number of halogens is 1. The molecule has 0 aliphatic carbocycles. The molecule has 0 radical (unpaired) electrons. The molecule has 264 valence electrons. The van der Waals surface area contributed by atoms with E-state index in [4.69, 9.17) is 4.74 Å². The first-order chi connectivity index (χ1) is 22.6. The van der Waals surface area contributed by atoms with Gasteiger partial charge in [0, 0.05) is 62.5 Å². The minimum atomic E-state index is -0.939. The van der Waals surface area contributed by atoms with Crippen molar-refractivity contribution in [2.24, 2.45) is 0 Å². The largest absolute Gasteiger partial charge is 0.444 e. The molecule has 48 heavy (non-hydrogen) atoms. The summed E-state index contributed by atoms with van der Waals surface area (Å²) in [5.41, 5.74) is -0.675. The topological polar surface area (TPSA) is 168 Å². The van der Waals surface area contributed by atoms with Gasteiger partial charge in [-0.05, 0) is 92.0 Å². The molecule has 1 unspecified atom stereocenters. The highest BCUT2D eigenvalue weighted by Crippen LogP contribution is 2.28. The molecule has 1 heterocycles. The molecule has 15 heteroatoms. The Morgan fingerprint density at radius 1 is 0.875 bits per heavy atom. The van der Waals surface area contributed by atoms with Gasteiger partial charge in [0.25, 0.3) is 17.5 Å². The first-order valence-electron chi connectivity index (χ1n) is 16.1. The molecule has 1 fully saturated rings. The second-order valence-corrected chi connectivity index (χ2v) is 12.1. The molecule has 1 atom stereocenters. The van der Waals surface area contributed by atoms with Crippen molar-refractivity contribution in [3.8, 4) is 0 Å². The smallest absolute Gasteiger partial charge is 0.410 e. The fraction of sp³-hybridized carbons (Fsp3) is 0.545. The average molecular weight is 675 g/mol. The molecule has 0 bridgehead atoms. The van der Waals surface area contributed by atoms with E-state index in [-0.39, 0.29) is 40.8 Å². The minimum absolute atomic E-state index is 0.125. The third-order valence-corrected chi connectivity index (χ3v) is 7.72. The zero-order valence-corrected chi connectivity index (χ0v) is 28.8. The predicted octanol–water partition coefficient (Wildman–Crippen LogP) is 6.49. The van der Waals surface area contributed by atoms with Gasteiger partial charge in [0.15, 0.2) is 0 Å². The number of ether oxygens (including phenoxy) is 1. The highest BCUT2D eigenvalue weighted by atomic mass is 19.1. The van der Waals surface area contributed by atoms with Gasteiger partial charge in [-0.15, -0.1) is 0 Å². The monoisotopic (exact) mass is 674 g/mol. The Labute approximate surface area is 280 Å². The van der Waals surface area contributed by atoms with E-state index >= 15 is 0 Å². The van der Waals surface area contributed by atoms with Crippen molar-refractivity contribution in [2.45, 2.75) is 79.4 Å². The van der Waals surface area contributed by atoms with Crippen molar-refractivity contribution in [2.75, 3.05) is 44.6 Å². The fourth-order valence-corrected chi connectivity index (χ4v) is 5.14. The second kappa shape index (κ2) is 17.9. The van der Waals surface area contributed by atoms with Gasteiger partial charge in [0.2, 0.25) is 5.82 Å².